The smallest absolute Gasteiger partial charge is 0.407 e. The molecule has 1 aromatic rings. The Balaban J connectivity index is 0.00000324. The first-order chi connectivity index (χ1) is 8.37. The van der Waals surface area contributed by atoms with Crippen molar-refractivity contribution in [3.8, 4) is 5.75 Å². The van der Waals surface area contributed by atoms with E-state index in [1.54, 1.807) is 0 Å². The lowest BCUT2D eigenvalue weighted by molar-refractivity contribution is 0.0520. The number of rotatable bonds is 4. The minimum absolute atomic E-state index is 0. The minimum atomic E-state index is -0.471. The lowest BCUT2D eigenvalue weighted by atomic mass is 10.2. The van der Waals surface area contributed by atoms with Crippen molar-refractivity contribution in [2.24, 2.45) is 0 Å². The molecule has 0 atom stereocenters. The number of hydrogen-bond acceptors (Lipinski definition) is 3. The van der Waals surface area contributed by atoms with Gasteiger partial charge in [0.2, 0.25) is 0 Å². The number of amides is 1. The highest BCUT2D eigenvalue weighted by molar-refractivity contribution is 5.67. The summed E-state index contributed by atoms with van der Waals surface area (Å²) in [6.07, 6.45) is -0.421. The van der Waals surface area contributed by atoms with Crippen LogP contribution in [0.5, 0.6) is 5.75 Å². The van der Waals surface area contributed by atoms with E-state index in [4.69, 9.17) is 9.47 Å². The first kappa shape index (κ1) is 14.4. The van der Waals surface area contributed by atoms with Gasteiger partial charge in [0.05, 0.1) is 6.54 Å². The normalized spacial score (nSPS) is 10.9. The fourth-order valence-corrected chi connectivity index (χ4v) is 1.34. The Morgan fingerprint density at radius 1 is 1.39 bits per heavy atom. The molecule has 102 valence electrons. The fourth-order valence-electron chi connectivity index (χ4n) is 1.34. The molecule has 1 amide bonds. The van der Waals surface area contributed by atoms with Crippen LogP contribution < -0.4 is 10.1 Å². The molecule has 0 spiro atoms. The number of carbonyl (C=O) groups is 1. The Morgan fingerprint density at radius 2 is 2.11 bits per heavy atom. The number of carbonyl (C=O) groups excluding carboxylic acids is 1. The molecule has 0 saturated carbocycles. The second-order valence-electron chi connectivity index (χ2n) is 5.09. The average Bonchev–Trinajstić information content (AvgIpc) is 2.22. The van der Waals surface area contributed by atoms with Crippen molar-refractivity contribution < 1.29 is 15.7 Å². The van der Waals surface area contributed by atoms with Crippen molar-refractivity contribution in [3.63, 3.8) is 0 Å². The maximum Gasteiger partial charge on any atom is 0.407 e. The molecule has 0 saturated heterocycles. The van der Waals surface area contributed by atoms with Crippen LogP contribution in [-0.4, -0.2) is 24.8 Å². The quantitative estimate of drug-likeness (QED) is 0.838. The van der Waals surface area contributed by atoms with Gasteiger partial charge in [0.15, 0.2) is 0 Å². The van der Waals surface area contributed by atoms with Gasteiger partial charge < -0.3 is 14.8 Å². The molecule has 0 aliphatic heterocycles. The molecule has 0 aliphatic carbocycles. The first-order valence-corrected chi connectivity index (χ1v) is 6.03. The van der Waals surface area contributed by atoms with Crippen LogP contribution >= 0.6 is 0 Å². The van der Waals surface area contributed by atoms with Crippen LogP contribution in [0.2, 0.25) is 0 Å². The third-order valence-corrected chi connectivity index (χ3v) is 2.03. The van der Waals surface area contributed by atoms with Gasteiger partial charge in [-0.25, -0.2) is 4.79 Å². The second kappa shape index (κ2) is 6.28. The highest BCUT2D eigenvalue weighted by Gasteiger charge is 2.15. The Labute approximate surface area is 110 Å². The number of aryl methyl sites for hydroxylation is 1. The van der Waals surface area contributed by atoms with E-state index in [1.165, 1.54) is 0 Å². The molecule has 0 unspecified atom stereocenters. The van der Waals surface area contributed by atoms with Gasteiger partial charge in [-0.2, -0.15) is 0 Å². The summed E-state index contributed by atoms with van der Waals surface area (Å²) < 4.78 is 10.6. The molecule has 1 aromatic carbocycles. The van der Waals surface area contributed by atoms with Crippen LogP contribution in [0.4, 0.5) is 4.79 Å². The molecular formula is C14H23NO3. The number of hydrogen-bond donors (Lipinski definition) is 1. The monoisotopic (exact) mass is 253 g/mol. The van der Waals surface area contributed by atoms with E-state index in [9.17, 15) is 4.79 Å². The van der Waals surface area contributed by atoms with Crippen LogP contribution in [0.3, 0.4) is 0 Å². The van der Waals surface area contributed by atoms with E-state index in [-0.39, 0.29) is 1.43 Å². The number of alkyl carbamates (subject to hydrolysis) is 1. The fraction of sp³-hybridized carbons (Fsp3) is 0.500. The molecule has 0 bridgehead atoms. The Morgan fingerprint density at radius 3 is 2.72 bits per heavy atom. The number of benzene rings is 1. The lowest BCUT2D eigenvalue weighted by Crippen LogP contribution is -2.34. The van der Waals surface area contributed by atoms with E-state index in [0.717, 1.165) is 11.3 Å². The van der Waals surface area contributed by atoms with Crippen molar-refractivity contribution in [3.05, 3.63) is 29.8 Å². The van der Waals surface area contributed by atoms with Gasteiger partial charge in [-0.3, -0.25) is 0 Å². The summed E-state index contributed by atoms with van der Waals surface area (Å²) >= 11 is 0. The molecule has 0 radical (unpaired) electrons. The van der Waals surface area contributed by atoms with Gasteiger partial charge in [-0.05, 0) is 45.4 Å². The standard InChI is InChI=1S/C14H21NO3.H2/c1-11-6-5-7-12(10-11)17-9-8-15-13(16)18-14(2,3)4;/h5-7,10H,8-9H2,1-4H3,(H,15,16);1H. The molecule has 0 heterocycles. The van der Waals surface area contributed by atoms with E-state index < -0.39 is 11.7 Å². The summed E-state index contributed by atoms with van der Waals surface area (Å²) in [5.41, 5.74) is 0.675. The third-order valence-electron chi connectivity index (χ3n) is 2.03. The molecule has 0 fully saturated rings. The maximum atomic E-state index is 11.3. The molecule has 4 nitrogen and oxygen atoms in total. The van der Waals surface area contributed by atoms with E-state index in [1.807, 2.05) is 52.0 Å². The SMILES string of the molecule is Cc1cccc(OCCNC(=O)OC(C)(C)C)c1.[HH]. The van der Waals surface area contributed by atoms with E-state index in [0.29, 0.717) is 13.2 Å². The van der Waals surface area contributed by atoms with E-state index >= 15 is 0 Å². The van der Waals surface area contributed by atoms with Gasteiger partial charge in [0.25, 0.3) is 0 Å². The summed E-state index contributed by atoms with van der Waals surface area (Å²) in [4.78, 5) is 11.3. The average molecular weight is 253 g/mol. The van der Waals surface area contributed by atoms with Crippen LogP contribution in [0.1, 0.15) is 27.8 Å². The second-order valence-corrected chi connectivity index (χ2v) is 5.09. The van der Waals surface area contributed by atoms with Gasteiger partial charge in [0.1, 0.15) is 18.0 Å². The molecule has 18 heavy (non-hydrogen) atoms. The molecule has 0 aliphatic rings. The Kier molecular flexibility index (Phi) is 5.01. The Hall–Kier alpha value is -1.71. The topological polar surface area (TPSA) is 47.6 Å². The van der Waals surface area contributed by atoms with Gasteiger partial charge >= 0.3 is 6.09 Å². The summed E-state index contributed by atoms with van der Waals surface area (Å²) in [5.74, 6) is 0.806. The van der Waals surface area contributed by atoms with Gasteiger partial charge in [-0.15, -0.1) is 0 Å². The summed E-state index contributed by atoms with van der Waals surface area (Å²) in [6, 6.07) is 7.78. The number of nitrogens with one attached hydrogen (secondary N) is 1. The summed E-state index contributed by atoms with van der Waals surface area (Å²) in [7, 11) is 0. The molecular weight excluding hydrogens is 230 g/mol. The molecule has 1 N–H and O–H groups in total. The third kappa shape index (κ3) is 6.13. The number of ether oxygens (including phenoxy) is 2. The highest BCUT2D eigenvalue weighted by Crippen LogP contribution is 2.11. The van der Waals surface area contributed by atoms with Crippen molar-refractivity contribution in [2.75, 3.05) is 13.2 Å². The van der Waals surface area contributed by atoms with E-state index in [2.05, 4.69) is 5.32 Å². The summed E-state index contributed by atoms with van der Waals surface area (Å²) in [6.45, 7) is 8.33. The first-order valence-electron chi connectivity index (χ1n) is 6.03. The summed E-state index contributed by atoms with van der Waals surface area (Å²) in [5, 5.41) is 2.64. The van der Waals surface area contributed by atoms with Crippen molar-refractivity contribution >= 4 is 6.09 Å². The van der Waals surface area contributed by atoms with Crippen molar-refractivity contribution in [1.82, 2.24) is 5.32 Å². The zero-order valence-electron chi connectivity index (χ0n) is 11.4. The van der Waals surface area contributed by atoms with Gasteiger partial charge in [-0.1, -0.05) is 12.1 Å². The minimum Gasteiger partial charge on any atom is -0.492 e. The van der Waals surface area contributed by atoms with Crippen LogP contribution in [0.15, 0.2) is 24.3 Å². The lowest BCUT2D eigenvalue weighted by Gasteiger charge is -2.19. The zero-order valence-corrected chi connectivity index (χ0v) is 11.4. The Bertz CT molecular complexity index is 402. The van der Waals surface area contributed by atoms with Crippen LogP contribution in [0, 0.1) is 6.92 Å². The maximum absolute atomic E-state index is 11.3. The molecule has 0 aromatic heterocycles. The predicted octanol–water partition coefficient (Wildman–Crippen LogP) is 3.14. The predicted molar refractivity (Wildman–Crippen MR) is 73.0 cm³/mol. The van der Waals surface area contributed by atoms with Crippen molar-refractivity contribution in [2.45, 2.75) is 33.3 Å². The van der Waals surface area contributed by atoms with Crippen LogP contribution in [-0.2, 0) is 4.74 Å². The van der Waals surface area contributed by atoms with Crippen molar-refractivity contribution in [1.29, 1.82) is 0 Å². The largest absolute Gasteiger partial charge is 0.492 e. The highest BCUT2D eigenvalue weighted by atomic mass is 16.6. The molecule has 1 rings (SSSR count). The van der Waals surface area contributed by atoms with Crippen LogP contribution in [0.25, 0.3) is 0 Å². The molecule has 4 heteroatoms. The zero-order chi connectivity index (χ0) is 13.6. The van der Waals surface area contributed by atoms with Gasteiger partial charge in [0, 0.05) is 1.43 Å².